The largest absolute Gasteiger partial charge is 1.00 e. The Hall–Kier alpha value is -9.41. The number of quaternary nitrogens is 1. The minimum absolute atomic E-state index is 0. The standard InChI is InChI=1S/C11H8F4N.C10H12N2.C10H10N.C10H22N.C9H16NO.C6H6F2N.C6H8N.2C5H9N2.10FH/c1-5-8(13)10(15)7-3-6(12)4-16(2)11(7)9(5)14;1-11-7-8-12(2)10-6-4-3-5-9(10)11;1-11-8-4-6-9-5-2-3-7-10(9)11;1-9(2)7-11(5,6)8-10(9,3)4;1-9(2,3)7-8-10(4)5-6-11-8;1-9-5(7)3-2-4-6(9)8;1-7-5-3-2-4-6-7;1-6-3-4-7(2)5-6;1-6-4-3-5-7(6)2;;;;;;;;;;/h3-4H,1-2H3;3-8H,1-2H3;2-8H,1H3;7-8H2,1-6H3;5-6H,7H2,1-4H3;2-4H,1H3;2-6H,1H3;2*3-5H,1-2H3;10*1H/q+1;+2;7*+1;;;;;;;;;;/p-10. The molecule has 13 nitrogen and oxygen atoms in total. The second kappa shape index (κ2) is 46.8. The van der Waals surface area contributed by atoms with Crippen molar-refractivity contribution in [3.8, 4) is 0 Å². The van der Waals surface area contributed by atoms with Gasteiger partial charge in [0.2, 0.25) is 42.4 Å². The SMILES string of the molecule is CC1(C)C[N+](C)(C)CC1(C)C.C[n+]1c(F)cccc1F.C[n+]1cc[n+](C)c2ccccc21.C[n+]1cccc2ccccc21.C[n+]1ccccc1.C[n+]1ccoc1CC(C)(C)C.Cc1c(F)c(F)c2cc(F)c[n+](C)c2c1F.Cn1cc[n+](C)c1.Cn1ccc[n+]1C.[F-].[F-].[F-].[F-].[F-].[F-].[F-].[F-].[F-].[F-]. The molecule has 0 atom stereocenters. The third kappa shape index (κ3) is 32.2. The Morgan fingerprint density at radius 1 is 0.485 bits per heavy atom. The Labute approximate surface area is 582 Å². The Kier molecular flexibility index (Phi) is 48.7. The highest BCUT2D eigenvalue weighted by Gasteiger charge is 2.51. The molecule has 0 bridgehead atoms. The monoisotopic (exact) mass is 1450 g/mol. The summed E-state index contributed by atoms with van der Waals surface area (Å²) in [6.45, 7) is 19.9. The van der Waals surface area contributed by atoms with Crippen molar-refractivity contribution in [2.24, 2.45) is 93.8 Å². The molecule has 29 heteroatoms. The molecule has 566 valence electrons. The number of hydrogen-bond acceptors (Lipinski definition) is 1. The van der Waals surface area contributed by atoms with Gasteiger partial charge in [0.15, 0.2) is 55.5 Å². The highest BCUT2D eigenvalue weighted by atomic mass is 19.2. The van der Waals surface area contributed by atoms with E-state index in [9.17, 15) is 26.3 Å². The van der Waals surface area contributed by atoms with Crippen molar-refractivity contribution < 1.29 is 124 Å². The van der Waals surface area contributed by atoms with E-state index in [-0.39, 0.29) is 52.6 Å². The highest BCUT2D eigenvalue weighted by molar-refractivity contribution is 5.78. The van der Waals surface area contributed by atoms with Crippen LogP contribution in [-0.2, 0) is 83.9 Å². The summed E-state index contributed by atoms with van der Waals surface area (Å²) >= 11 is 0. The van der Waals surface area contributed by atoms with Crippen molar-refractivity contribution in [2.45, 2.75) is 61.8 Å². The van der Waals surface area contributed by atoms with Crippen LogP contribution in [0.5, 0.6) is 0 Å². The van der Waals surface area contributed by atoms with Crippen molar-refractivity contribution in [3.63, 3.8) is 0 Å². The number of aromatic nitrogens is 11. The topological polar surface area (TPSA) is 57.9 Å². The van der Waals surface area contributed by atoms with Crippen LogP contribution in [0.15, 0.2) is 194 Å². The van der Waals surface area contributed by atoms with Gasteiger partial charge in [-0.15, -0.1) is 18.0 Å². The molecule has 1 fully saturated rings. The minimum Gasteiger partial charge on any atom is -1.00 e. The van der Waals surface area contributed by atoms with E-state index in [1.165, 1.54) is 71.8 Å². The lowest BCUT2D eigenvalue weighted by molar-refractivity contribution is -0.883. The first-order chi connectivity index (χ1) is 42.4. The first-order valence-corrected chi connectivity index (χ1v) is 30.0. The first-order valence-electron chi connectivity index (χ1n) is 30.0. The van der Waals surface area contributed by atoms with Gasteiger partial charge in [0.25, 0.3) is 16.6 Å². The molecule has 11 aromatic rings. The third-order valence-corrected chi connectivity index (χ3v) is 15.6. The molecule has 0 unspecified atom stereocenters. The molecule has 1 aliphatic heterocycles. The van der Waals surface area contributed by atoms with Crippen molar-refractivity contribution in [1.82, 2.24) is 9.25 Å². The van der Waals surface area contributed by atoms with Crippen LogP contribution in [0.2, 0.25) is 0 Å². The van der Waals surface area contributed by atoms with E-state index in [2.05, 4.69) is 177 Å². The molecule has 101 heavy (non-hydrogen) atoms. The van der Waals surface area contributed by atoms with Gasteiger partial charge in [0.1, 0.15) is 61.7 Å². The zero-order valence-electron chi connectivity index (χ0n) is 61.3. The summed E-state index contributed by atoms with van der Waals surface area (Å²) in [4.78, 5) is 0. The molecule has 1 aliphatic rings. The number of benzene rings is 3. The number of oxazole rings is 1. The van der Waals surface area contributed by atoms with E-state index in [1.807, 2.05) is 144 Å². The van der Waals surface area contributed by atoms with Crippen LogP contribution >= 0.6 is 0 Å². The Balaban J connectivity index is -0.000000196. The third-order valence-electron chi connectivity index (χ3n) is 15.6. The lowest BCUT2D eigenvalue weighted by atomic mass is 9.71. The number of para-hydroxylation sites is 3. The van der Waals surface area contributed by atoms with Gasteiger partial charge >= 0.3 is 17.8 Å². The predicted octanol–water partition coefficient (Wildman–Crippen LogP) is -20.5. The second-order valence-electron chi connectivity index (χ2n) is 26.1. The maximum Gasteiger partial charge on any atom is 0.361 e. The van der Waals surface area contributed by atoms with Gasteiger partial charge in [0.05, 0.1) is 66.3 Å². The summed E-state index contributed by atoms with van der Waals surface area (Å²) in [6, 6.07) is 33.4. The number of imidazole rings is 1. The molecule has 0 amide bonds. The molecule has 0 aliphatic carbocycles. The number of aryl methyl sites for hydroxylation is 10. The quantitative estimate of drug-likeness (QED) is 0.0531. The van der Waals surface area contributed by atoms with Crippen molar-refractivity contribution in [1.29, 1.82) is 0 Å². The molecule has 3 aromatic carbocycles. The zero-order valence-corrected chi connectivity index (χ0v) is 61.3. The minimum atomic E-state index is -1.28. The Morgan fingerprint density at radius 2 is 0.960 bits per heavy atom. The average Bonchev–Trinajstić information content (AvgIpc) is 1.44. The molecule has 0 spiro atoms. The summed E-state index contributed by atoms with van der Waals surface area (Å²) in [7, 11) is 25.5. The molecule has 12 rings (SSSR count). The predicted molar refractivity (Wildman–Crippen MR) is 342 cm³/mol. The summed E-state index contributed by atoms with van der Waals surface area (Å²) in [5.41, 5.74) is 4.51. The Morgan fingerprint density at radius 3 is 1.31 bits per heavy atom. The van der Waals surface area contributed by atoms with Crippen LogP contribution in [0.1, 0.15) is 59.9 Å². The number of fused-ring (bicyclic) bond motifs is 3. The highest BCUT2D eigenvalue weighted by Crippen LogP contribution is 2.47. The first kappa shape index (κ1) is 105. The summed E-state index contributed by atoms with van der Waals surface area (Å²) in [6.07, 6.45) is 25.8. The maximum atomic E-state index is 13.7. The van der Waals surface area contributed by atoms with Gasteiger partial charge in [-0.2, -0.15) is 27.3 Å². The van der Waals surface area contributed by atoms with Crippen LogP contribution < -0.4 is 88.3 Å². The van der Waals surface area contributed by atoms with Gasteiger partial charge in [-0.05, 0) is 36.6 Å². The average molecular weight is 1450 g/mol. The lowest BCUT2D eigenvalue weighted by Gasteiger charge is -2.29. The normalized spacial score (nSPS) is 11.7. The van der Waals surface area contributed by atoms with Crippen LogP contribution in [0.3, 0.4) is 0 Å². The van der Waals surface area contributed by atoms with Gasteiger partial charge in [0, 0.05) is 76.4 Å². The number of likely N-dealkylation sites (tertiary alicyclic amines) is 1. The summed E-state index contributed by atoms with van der Waals surface area (Å²) in [5, 5.41) is 0.889. The fraction of sp³-hybridized carbons (Fsp3) is 0.375. The molecule has 0 radical (unpaired) electrons. The fourth-order valence-corrected chi connectivity index (χ4v) is 10.1. The Bertz CT molecular complexity index is 3990. The summed E-state index contributed by atoms with van der Waals surface area (Å²) < 4.78 is 105. The van der Waals surface area contributed by atoms with Gasteiger partial charge in [-0.3, -0.25) is 0 Å². The number of halogens is 16. The van der Waals surface area contributed by atoms with E-state index in [4.69, 9.17) is 4.42 Å². The molecule has 8 aromatic heterocycles. The molecular weight excluding hydrogens is 1350 g/mol. The van der Waals surface area contributed by atoms with Crippen molar-refractivity contribution in [3.05, 3.63) is 237 Å². The van der Waals surface area contributed by atoms with Crippen molar-refractivity contribution >= 4 is 32.8 Å². The van der Waals surface area contributed by atoms with Crippen LogP contribution in [0.4, 0.5) is 26.3 Å². The smallest absolute Gasteiger partial charge is 0.361 e. The van der Waals surface area contributed by atoms with Gasteiger partial charge in [-0.1, -0.05) is 78.8 Å². The van der Waals surface area contributed by atoms with Crippen LogP contribution in [0, 0.1) is 58.3 Å². The molecule has 0 N–H and O–H groups in total. The summed E-state index contributed by atoms with van der Waals surface area (Å²) in [5.74, 6) is -4.25. The van der Waals surface area contributed by atoms with E-state index < -0.39 is 46.1 Å². The molecule has 9 heterocycles. The van der Waals surface area contributed by atoms with Crippen LogP contribution in [0.25, 0.3) is 32.8 Å². The van der Waals surface area contributed by atoms with Gasteiger partial charge < -0.3 is 55.9 Å². The van der Waals surface area contributed by atoms with E-state index in [1.54, 1.807) is 6.26 Å². The number of hydrogen-bond donors (Lipinski definition) is 0. The molecule has 0 saturated carbocycles. The van der Waals surface area contributed by atoms with E-state index in [0.29, 0.717) is 16.2 Å². The number of pyridine rings is 4. The van der Waals surface area contributed by atoms with E-state index in [0.717, 1.165) is 40.6 Å². The molecule has 1 saturated heterocycles. The number of nitrogens with zero attached hydrogens (tertiary/aromatic N) is 12. The fourth-order valence-electron chi connectivity index (χ4n) is 10.1. The van der Waals surface area contributed by atoms with Crippen molar-refractivity contribution in [2.75, 3.05) is 27.2 Å². The van der Waals surface area contributed by atoms with Crippen LogP contribution in [-0.4, -0.2) is 40.9 Å². The second-order valence-corrected chi connectivity index (χ2v) is 26.1. The number of rotatable bonds is 1. The zero-order chi connectivity index (χ0) is 68.2. The van der Waals surface area contributed by atoms with E-state index >= 15 is 0 Å². The maximum absolute atomic E-state index is 13.7. The molecular formula is C72H100F16N12O. The van der Waals surface area contributed by atoms with Gasteiger partial charge in [-0.25, -0.2) is 31.4 Å². The lowest BCUT2D eigenvalue weighted by Crippen LogP contribution is -3.00.